The van der Waals surface area contributed by atoms with E-state index in [0.717, 1.165) is 6.42 Å². The molecule has 1 unspecified atom stereocenters. The van der Waals surface area contributed by atoms with Crippen molar-refractivity contribution in [2.45, 2.75) is 19.4 Å². The van der Waals surface area contributed by atoms with E-state index >= 15 is 0 Å². The van der Waals surface area contributed by atoms with Crippen molar-refractivity contribution in [3.63, 3.8) is 0 Å². The first-order chi connectivity index (χ1) is 3.81. The molecule has 0 fully saturated rings. The molecule has 48 valence electrons. The first-order valence-corrected chi connectivity index (χ1v) is 2.93. The van der Waals surface area contributed by atoms with Gasteiger partial charge in [-0.05, 0) is 6.42 Å². The van der Waals surface area contributed by atoms with Gasteiger partial charge in [0, 0.05) is 12.6 Å². The fourth-order valence-electron chi connectivity index (χ4n) is 0.389. The second kappa shape index (κ2) is 4.81. The Labute approximate surface area is 50.6 Å². The number of hydrogen-bond donors (Lipinski definition) is 2. The largest absolute Gasteiger partial charge is 0.327 e. The minimum absolute atomic E-state index is 0.193. The Balaban J connectivity index is 3.21. The number of hydrogen-bond acceptors (Lipinski definition) is 2. The molecule has 0 heterocycles. The van der Waals surface area contributed by atoms with Gasteiger partial charge in [-0.2, -0.15) is 0 Å². The van der Waals surface area contributed by atoms with Gasteiger partial charge in [0.25, 0.3) is 0 Å². The summed E-state index contributed by atoms with van der Waals surface area (Å²) in [5.41, 5.74) is 10.7. The Hall–Kier alpha value is -0.340. The molecule has 0 bridgehead atoms. The van der Waals surface area contributed by atoms with Crippen LogP contribution in [0, 0.1) is 0 Å². The highest BCUT2D eigenvalue weighted by atomic mass is 14.6. The Kier molecular flexibility index (Phi) is 4.61. The van der Waals surface area contributed by atoms with Crippen molar-refractivity contribution in [1.82, 2.24) is 0 Å². The quantitative estimate of drug-likeness (QED) is 0.516. The van der Waals surface area contributed by atoms with Crippen LogP contribution in [0.5, 0.6) is 0 Å². The van der Waals surface area contributed by atoms with Crippen LogP contribution in [-0.4, -0.2) is 12.6 Å². The van der Waals surface area contributed by atoms with E-state index in [2.05, 4.69) is 0 Å². The Morgan fingerprint density at radius 2 is 2.25 bits per heavy atom. The first-order valence-electron chi connectivity index (χ1n) is 2.93. The molecule has 4 N–H and O–H groups in total. The molecule has 0 aliphatic rings. The van der Waals surface area contributed by atoms with Gasteiger partial charge in [-0.25, -0.2) is 0 Å². The Bertz CT molecular complexity index is 68.9. The van der Waals surface area contributed by atoms with E-state index in [1.165, 1.54) is 0 Å². The molecular weight excluding hydrogens is 100 g/mol. The van der Waals surface area contributed by atoms with E-state index < -0.39 is 0 Å². The van der Waals surface area contributed by atoms with Gasteiger partial charge in [-0.15, -0.1) is 0 Å². The lowest BCUT2D eigenvalue weighted by molar-refractivity contribution is 0.780. The summed E-state index contributed by atoms with van der Waals surface area (Å²) in [5.74, 6) is 0. The van der Waals surface area contributed by atoms with E-state index in [9.17, 15) is 0 Å². The van der Waals surface area contributed by atoms with Gasteiger partial charge >= 0.3 is 0 Å². The van der Waals surface area contributed by atoms with Gasteiger partial charge in [-0.3, -0.25) is 0 Å². The van der Waals surface area contributed by atoms with Gasteiger partial charge in [0.1, 0.15) is 0 Å². The summed E-state index contributed by atoms with van der Waals surface area (Å²) in [6.07, 6.45) is 4.80. The van der Waals surface area contributed by atoms with E-state index in [1.54, 1.807) is 0 Å². The molecule has 0 spiro atoms. The Morgan fingerprint density at radius 1 is 1.62 bits per heavy atom. The molecule has 0 saturated heterocycles. The molecule has 0 radical (unpaired) electrons. The highest BCUT2D eigenvalue weighted by Crippen LogP contribution is 1.85. The molecule has 0 amide bonds. The summed E-state index contributed by atoms with van der Waals surface area (Å²) in [6.45, 7) is 2.64. The Morgan fingerprint density at radius 3 is 2.62 bits per heavy atom. The van der Waals surface area contributed by atoms with Crippen molar-refractivity contribution in [2.75, 3.05) is 6.54 Å². The molecule has 0 aromatic rings. The molecule has 0 aromatic heterocycles. The molecule has 0 rings (SSSR count). The first kappa shape index (κ1) is 7.66. The summed E-state index contributed by atoms with van der Waals surface area (Å²) in [7, 11) is 0. The molecule has 0 aliphatic carbocycles. The zero-order chi connectivity index (χ0) is 6.41. The SMILES string of the molecule is CCC(N)C=CCN. The molecule has 0 saturated carbocycles. The third-order valence-electron chi connectivity index (χ3n) is 0.991. The summed E-state index contributed by atoms with van der Waals surface area (Å²) >= 11 is 0. The minimum atomic E-state index is 0.193. The summed E-state index contributed by atoms with van der Waals surface area (Å²) in [4.78, 5) is 0. The average Bonchev–Trinajstić information content (AvgIpc) is 1.83. The molecule has 2 nitrogen and oxygen atoms in total. The second-order valence-corrected chi connectivity index (χ2v) is 1.74. The normalized spacial score (nSPS) is 14.9. The third kappa shape index (κ3) is 3.84. The van der Waals surface area contributed by atoms with E-state index in [0.29, 0.717) is 6.54 Å². The molecule has 0 aliphatic heterocycles. The monoisotopic (exact) mass is 114 g/mol. The summed E-state index contributed by atoms with van der Waals surface area (Å²) in [6, 6.07) is 0.193. The third-order valence-corrected chi connectivity index (χ3v) is 0.991. The van der Waals surface area contributed by atoms with Crippen LogP contribution in [-0.2, 0) is 0 Å². The van der Waals surface area contributed by atoms with E-state index in [4.69, 9.17) is 11.5 Å². The highest BCUT2D eigenvalue weighted by Gasteiger charge is 1.86. The minimum Gasteiger partial charge on any atom is -0.327 e. The smallest absolute Gasteiger partial charge is 0.0221 e. The van der Waals surface area contributed by atoms with E-state index in [1.807, 2.05) is 19.1 Å². The second-order valence-electron chi connectivity index (χ2n) is 1.74. The zero-order valence-electron chi connectivity index (χ0n) is 5.30. The van der Waals surface area contributed by atoms with Gasteiger partial charge in [0.15, 0.2) is 0 Å². The highest BCUT2D eigenvalue weighted by molar-refractivity contribution is 4.90. The van der Waals surface area contributed by atoms with Crippen LogP contribution in [0.1, 0.15) is 13.3 Å². The maximum atomic E-state index is 5.52. The van der Waals surface area contributed by atoms with Crippen molar-refractivity contribution in [3.8, 4) is 0 Å². The average molecular weight is 114 g/mol. The van der Waals surface area contributed by atoms with Crippen LogP contribution < -0.4 is 11.5 Å². The molecule has 1 atom stereocenters. The van der Waals surface area contributed by atoms with E-state index in [-0.39, 0.29) is 6.04 Å². The van der Waals surface area contributed by atoms with Crippen LogP contribution in [0.3, 0.4) is 0 Å². The van der Waals surface area contributed by atoms with Gasteiger partial charge in [0.05, 0.1) is 0 Å². The molecule has 8 heavy (non-hydrogen) atoms. The van der Waals surface area contributed by atoms with Crippen molar-refractivity contribution >= 4 is 0 Å². The fraction of sp³-hybridized carbons (Fsp3) is 0.667. The lowest BCUT2D eigenvalue weighted by atomic mass is 10.2. The lowest BCUT2D eigenvalue weighted by Crippen LogP contribution is -2.15. The van der Waals surface area contributed by atoms with Crippen molar-refractivity contribution in [3.05, 3.63) is 12.2 Å². The maximum absolute atomic E-state index is 5.52. The number of nitrogens with two attached hydrogens (primary N) is 2. The fourth-order valence-corrected chi connectivity index (χ4v) is 0.389. The van der Waals surface area contributed by atoms with Crippen LogP contribution in [0.25, 0.3) is 0 Å². The van der Waals surface area contributed by atoms with Crippen molar-refractivity contribution in [1.29, 1.82) is 0 Å². The summed E-state index contributed by atoms with van der Waals surface area (Å²) in [5, 5.41) is 0. The standard InChI is InChI=1S/C6H14N2/c1-2-6(8)4-3-5-7/h3-4,6H,2,5,7-8H2,1H3. The van der Waals surface area contributed by atoms with Crippen LogP contribution in [0.4, 0.5) is 0 Å². The van der Waals surface area contributed by atoms with Crippen molar-refractivity contribution in [2.24, 2.45) is 11.5 Å². The maximum Gasteiger partial charge on any atom is 0.0221 e. The predicted molar refractivity (Wildman–Crippen MR) is 36.5 cm³/mol. The molecule has 2 heteroatoms. The topological polar surface area (TPSA) is 52.0 Å². The van der Waals surface area contributed by atoms with Crippen LogP contribution >= 0.6 is 0 Å². The van der Waals surface area contributed by atoms with Gasteiger partial charge in [-0.1, -0.05) is 19.1 Å². The summed E-state index contributed by atoms with van der Waals surface area (Å²) < 4.78 is 0. The molecular formula is C6H14N2. The van der Waals surface area contributed by atoms with Crippen LogP contribution in [0.2, 0.25) is 0 Å². The molecule has 0 aromatic carbocycles. The predicted octanol–water partition coefficient (Wildman–Crippen LogP) is 0.239. The van der Waals surface area contributed by atoms with Gasteiger partial charge < -0.3 is 11.5 Å². The van der Waals surface area contributed by atoms with Crippen LogP contribution in [0.15, 0.2) is 12.2 Å². The lowest BCUT2D eigenvalue weighted by Gasteiger charge is -1.97. The number of rotatable bonds is 3. The van der Waals surface area contributed by atoms with Gasteiger partial charge in [0.2, 0.25) is 0 Å². The zero-order valence-corrected chi connectivity index (χ0v) is 5.30. The van der Waals surface area contributed by atoms with Crippen molar-refractivity contribution < 1.29 is 0 Å².